The third-order valence-corrected chi connectivity index (χ3v) is 4.51. The molecule has 0 bridgehead atoms. The summed E-state index contributed by atoms with van der Waals surface area (Å²) in [7, 11) is -3.62. The maximum Gasteiger partial charge on any atom is 0.246 e. The summed E-state index contributed by atoms with van der Waals surface area (Å²) in [5.41, 5.74) is 5.17. The van der Waals surface area contributed by atoms with Crippen LogP contribution < -0.4 is 10.5 Å². The minimum atomic E-state index is -3.62. The molecular formula is C11H22N4O2S. The van der Waals surface area contributed by atoms with Crippen molar-refractivity contribution >= 4 is 15.8 Å². The molecule has 0 aliphatic carbocycles. The van der Waals surface area contributed by atoms with Crippen molar-refractivity contribution in [3.8, 4) is 0 Å². The number of aryl methyl sites for hydroxylation is 1. The van der Waals surface area contributed by atoms with E-state index in [1.165, 1.54) is 6.20 Å². The van der Waals surface area contributed by atoms with E-state index in [0.29, 0.717) is 13.0 Å². The Kier molecular flexibility index (Phi) is 4.39. The summed E-state index contributed by atoms with van der Waals surface area (Å²) in [4.78, 5) is 0.0532. The highest BCUT2D eigenvalue weighted by atomic mass is 32.2. The van der Waals surface area contributed by atoms with Crippen LogP contribution in [-0.4, -0.2) is 23.7 Å². The maximum absolute atomic E-state index is 12.2. The van der Waals surface area contributed by atoms with Crippen LogP contribution in [0.15, 0.2) is 11.1 Å². The Bertz CT molecular complexity index is 505. The molecule has 0 unspecified atom stereocenters. The van der Waals surface area contributed by atoms with Crippen LogP contribution in [0.4, 0.5) is 5.82 Å². The van der Waals surface area contributed by atoms with Gasteiger partial charge in [-0.25, -0.2) is 13.1 Å². The minimum absolute atomic E-state index is 0.0443. The quantitative estimate of drug-likeness (QED) is 0.819. The van der Waals surface area contributed by atoms with Gasteiger partial charge in [-0.15, -0.1) is 0 Å². The summed E-state index contributed by atoms with van der Waals surface area (Å²) < 4.78 is 28.6. The van der Waals surface area contributed by atoms with Gasteiger partial charge in [0.1, 0.15) is 4.90 Å². The lowest BCUT2D eigenvalue weighted by atomic mass is 10.0. The van der Waals surface area contributed by atoms with E-state index >= 15 is 0 Å². The predicted molar refractivity (Wildman–Crippen MR) is 71.6 cm³/mol. The van der Waals surface area contributed by atoms with Gasteiger partial charge in [-0.3, -0.25) is 4.68 Å². The lowest BCUT2D eigenvalue weighted by Gasteiger charge is -2.23. The first kappa shape index (κ1) is 15.0. The van der Waals surface area contributed by atoms with E-state index in [1.807, 2.05) is 27.7 Å². The summed E-state index contributed by atoms with van der Waals surface area (Å²) in [5, 5.41) is 4.00. The van der Waals surface area contributed by atoms with Gasteiger partial charge in [-0.1, -0.05) is 13.8 Å². The first-order valence-corrected chi connectivity index (χ1v) is 7.57. The van der Waals surface area contributed by atoms with Crippen molar-refractivity contribution < 1.29 is 8.42 Å². The molecule has 6 nitrogen and oxygen atoms in total. The van der Waals surface area contributed by atoms with E-state index in [1.54, 1.807) is 4.68 Å². The molecule has 0 atom stereocenters. The van der Waals surface area contributed by atoms with Crippen LogP contribution in [0.3, 0.4) is 0 Å². The summed E-state index contributed by atoms with van der Waals surface area (Å²) in [6.45, 7) is 8.22. The van der Waals surface area contributed by atoms with Crippen molar-refractivity contribution in [2.45, 2.75) is 57.5 Å². The van der Waals surface area contributed by atoms with Crippen molar-refractivity contribution in [2.75, 3.05) is 5.73 Å². The number of hydrogen-bond acceptors (Lipinski definition) is 4. The maximum atomic E-state index is 12.2. The van der Waals surface area contributed by atoms with Gasteiger partial charge in [0.15, 0.2) is 5.82 Å². The van der Waals surface area contributed by atoms with Crippen molar-refractivity contribution in [3.63, 3.8) is 0 Å². The molecule has 0 aromatic carbocycles. The SMILES string of the molecule is CCCn1cc(S(=O)(=O)NC(C)(C)CC)c(N)n1. The molecule has 0 saturated heterocycles. The normalized spacial score (nSPS) is 12.9. The molecule has 0 amide bonds. The first-order valence-electron chi connectivity index (χ1n) is 6.08. The molecule has 1 heterocycles. The van der Waals surface area contributed by atoms with Crippen LogP contribution >= 0.6 is 0 Å². The number of nitrogens with one attached hydrogen (secondary N) is 1. The summed E-state index contributed by atoms with van der Waals surface area (Å²) >= 11 is 0. The second kappa shape index (κ2) is 5.27. The van der Waals surface area contributed by atoms with Crippen LogP contribution in [0.5, 0.6) is 0 Å². The lowest BCUT2D eigenvalue weighted by Crippen LogP contribution is -2.42. The number of anilines is 1. The Morgan fingerprint density at radius 1 is 1.44 bits per heavy atom. The Morgan fingerprint density at radius 3 is 2.56 bits per heavy atom. The molecule has 7 heteroatoms. The summed E-state index contributed by atoms with van der Waals surface area (Å²) in [6.07, 6.45) is 3.04. The van der Waals surface area contributed by atoms with Crippen LogP contribution in [0.25, 0.3) is 0 Å². The standard InChI is InChI=1S/C11H22N4O2S/c1-5-7-15-8-9(10(12)13-15)18(16,17)14-11(3,4)6-2/h8,14H,5-7H2,1-4H3,(H2,12,13). The van der Waals surface area contributed by atoms with E-state index in [0.717, 1.165) is 6.42 Å². The molecule has 1 aromatic heterocycles. The van der Waals surface area contributed by atoms with E-state index in [-0.39, 0.29) is 10.7 Å². The summed E-state index contributed by atoms with van der Waals surface area (Å²) in [5.74, 6) is 0.0443. The summed E-state index contributed by atoms with van der Waals surface area (Å²) in [6, 6.07) is 0. The van der Waals surface area contributed by atoms with Crippen LogP contribution in [-0.2, 0) is 16.6 Å². The fourth-order valence-electron chi connectivity index (χ4n) is 1.46. The number of hydrogen-bond donors (Lipinski definition) is 2. The molecule has 1 rings (SSSR count). The van der Waals surface area contributed by atoms with Gasteiger partial charge in [0.25, 0.3) is 0 Å². The van der Waals surface area contributed by atoms with Crippen molar-refractivity contribution in [2.24, 2.45) is 0 Å². The van der Waals surface area contributed by atoms with E-state index in [2.05, 4.69) is 9.82 Å². The molecule has 0 aliphatic heterocycles. The monoisotopic (exact) mass is 274 g/mol. The average Bonchev–Trinajstić information content (AvgIpc) is 2.59. The highest BCUT2D eigenvalue weighted by Crippen LogP contribution is 2.19. The number of nitrogens with two attached hydrogens (primary N) is 1. The first-order chi connectivity index (χ1) is 8.22. The molecule has 0 spiro atoms. The van der Waals surface area contributed by atoms with Gasteiger partial charge in [0.05, 0.1) is 0 Å². The number of nitrogens with zero attached hydrogens (tertiary/aromatic N) is 2. The Hall–Kier alpha value is -1.08. The molecule has 1 aromatic rings. The largest absolute Gasteiger partial charge is 0.381 e. The van der Waals surface area contributed by atoms with Crippen molar-refractivity contribution in [1.82, 2.24) is 14.5 Å². The molecule has 0 saturated carbocycles. The highest BCUT2D eigenvalue weighted by Gasteiger charge is 2.27. The van der Waals surface area contributed by atoms with Gasteiger partial charge in [-0.2, -0.15) is 5.10 Å². The van der Waals surface area contributed by atoms with Crippen LogP contribution in [0.2, 0.25) is 0 Å². The molecule has 3 N–H and O–H groups in total. The fourth-order valence-corrected chi connectivity index (χ4v) is 3.02. The Labute approximate surface area is 109 Å². The number of rotatable bonds is 6. The second-order valence-corrected chi connectivity index (χ2v) is 6.64. The van der Waals surface area contributed by atoms with Gasteiger partial charge in [-0.05, 0) is 26.7 Å². The van der Waals surface area contributed by atoms with Crippen LogP contribution in [0.1, 0.15) is 40.5 Å². The van der Waals surface area contributed by atoms with Gasteiger partial charge >= 0.3 is 0 Å². The molecule has 104 valence electrons. The number of sulfonamides is 1. The van der Waals surface area contributed by atoms with Crippen molar-refractivity contribution in [1.29, 1.82) is 0 Å². The van der Waals surface area contributed by atoms with E-state index < -0.39 is 15.6 Å². The highest BCUT2D eigenvalue weighted by molar-refractivity contribution is 7.89. The zero-order valence-corrected chi connectivity index (χ0v) is 12.2. The molecular weight excluding hydrogens is 252 g/mol. The lowest BCUT2D eigenvalue weighted by molar-refractivity contribution is 0.439. The second-order valence-electron chi connectivity index (χ2n) is 4.98. The van der Waals surface area contributed by atoms with Gasteiger partial charge in [0, 0.05) is 18.3 Å². The Balaban J connectivity index is 3.05. The third-order valence-electron chi connectivity index (χ3n) is 2.79. The van der Waals surface area contributed by atoms with Crippen LogP contribution in [0, 0.1) is 0 Å². The number of nitrogen functional groups attached to an aromatic ring is 1. The van der Waals surface area contributed by atoms with Gasteiger partial charge in [0.2, 0.25) is 10.0 Å². The zero-order chi connectivity index (χ0) is 14.0. The average molecular weight is 274 g/mol. The predicted octanol–water partition coefficient (Wildman–Crippen LogP) is 1.34. The number of aromatic nitrogens is 2. The van der Waals surface area contributed by atoms with Crippen molar-refractivity contribution in [3.05, 3.63) is 6.20 Å². The third kappa shape index (κ3) is 3.46. The Morgan fingerprint density at radius 2 is 2.06 bits per heavy atom. The minimum Gasteiger partial charge on any atom is -0.381 e. The molecule has 0 aliphatic rings. The van der Waals surface area contributed by atoms with E-state index in [9.17, 15) is 8.42 Å². The molecule has 0 radical (unpaired) electrons. The van der Waals surface area contributed by atoms with Gasteiger partial charge < -0.3 is 5.73 Å². The smallest absolute Gasteiger partial charge is 0.246 e. The zero-order valence-electron chi connectivity index (χ0n) is 11.4. The van der Waals surface area contributed by atoms with E-state index in [4.69, 9.17) is 5.73 Å². The molecule has 0 fully saturated rings. The fraction of sp³-hybridized carbons (Fsp3) is 0.727. The molecule has 18 heavy (non-hydrogen) atoms. The topological polar surface area (TPSA) is 90.0 Å².